The minimum absolute atomic E-state index is 0. The van der Waals surface area contributed by atoms with Crippen LogP contribution in [-0.4, -0.2) is 36.7 Å². The van der Waals surface area contributed by atoms with Gasteiger partial charge in [0.25, 0.3) is 0 Å². The molecule has 0 spiro atoms. The molecule has 2 amide bonds. The first-order valence-electron chi connectivity index (χ1n) is 12.7. The second kappa shape index (κ2) is 13.8. The molecule has 1 heterocycles. The number of hydrogen-bond donors (Lipinski definition) is 4. The Morgan fingerprint density at radius 2 is 1.66 bits per heavy atom. The van der Waals surface area contributed by atoms with E-state index in [1.165, 1.54) is 6.92 Å². The standard InChI is InChI=1S/C30H30Cl2N4O4.ClH/c1-4-30(26(38)16-34-29(39)35-20-10-7-9-19(15-20)18(2)37)28(33-3)27(21-11-5-6-14-25(21)36-30)40-17-22-23(31)12-8-13-24(22)32;/h5-15,33,36H,4,16-17H2,1-3H3,(H2,34,35,39);1H. The van der Waals surface area contributed by atoms with E-state index in [1.54, 1.807) is 49.5 Å². The summed E-state index contributed by atoms with van der Waals surface area (Å²) in [5.41, 5.74) is 2.33. The average molecular weight is 618 g/mol. The van der Waals surface area contributed by atoms with Gasteiger partial charge in [-0.3, -0.25) is 9.59 Å². The molecule has 41 heavy (non-hydrogen) atoms. The molecule has 0 aromatic heterocycles. The summed E-state index contributed by atoms with van der Waals surface area (Å²) in [7, 11) is 1.72. The van der Waals surface area contributed by atoms with Gasteiger partial charge in [0.2, 0.25) is 0 Å². The molecule has 1 aliphatic heterocycles. The summed E-state index contributed by atoms with van der Waals surface area (Å²) in [5.74, 6) is 0.0842. The van der Waals surface area contributed by atoms with Crippen LogP contribution in [0.5, 0.6) is 0 Å². The van der Waals surface area contributed by atoms with Crippen LogP contribution in [-0.2, 0) is 16.1 Å². The largest absolute Gasteiger partial charge is 0.486 e. The summed E-state index contributed by atoms with van der Waals surface area (Å²) in [5, 5.41) is 12.8. The van der Waals surface area contributed by atoms with Crippen molar-refractivity contribution in [3.8, 4) is 0 Å². The van der Waals surface area contributed by atoms with Gasteiger partial charge in [0.15, 0.2) is 17.3 Å². The van der Waals surface area contributed by atoms with Gasteiger partial charge in [0.05, 0.1) is 12.2 Å². The van der Waals surface area contributed by atoms with E-state index in [0.29, 0.717) is 50.4 Å². The fourth-order valence-electron chi connectivity index (χ4n) is 4.68. The van der Waals surface area contributed by atoms with E-state index in [0.717, 1.165) is 5.56 Å². The van der Waals surface area contributed by atoms with Crippen molar-refractivity contribution in [1.82, 2.24) is 10.6 Å². The van der Waals surface area contributed by atoms with Crippen molar-refractivity contribution in [2.24, 2.45) is 0 Å². The first-order chi connectivity index (χ1) is 19.2. The van der Waals surface area contributed by atoms with E-state index in [2.05, 4.69) is 21.3 Å². The van der Waals surface area contributed by atoms with E-state index in [9.17, 15) is 14.4 Å². The van der Waals surface area contributed by atoms with Crippen LogP contribution in [0.25, 0.3) is 5.76 Å². The maximum absolute atomic E-state index is 13.8. The number of likely N-dealkylation sites (N-methyl/N-ethyl adjacent to an activating group) is 1. The number of para-hydroxylation sites is 1. The predicted molar refractivity (Wildman–Crippen MR) is 166 cm³/mol. The maximum Gasteiger partial charge on any atom is 0.319 e. The Balaban J connectivity index is 0.00000462. The minimum atomic E-state index is -1.22. The lowest BCUT2D eigenvalue weighted by atomic mass is 9.81. The predicted octanol–water partition coefficient (Wildman–Crippen LogP) is 6.69. The molecule has 4 N–H and O–H groups in total. The highest BCUT2D eigenvalue weighted by Gasteiger charge is 2.46. The van der Waals surface area contributed by atoms with E-state index in [4.69, 9.17) is 27.9 Å². The number of halogens is 3. The van der Waals surface area contributed by atoms with E-state index in [-0.39, 0.29) is 37.1 Å². The smallest absolute Gasteiger partial charge is 0.319 e. The Bertz CT molecular complexity index is 1470. The lowest BCUT2D eigenvalue weighted by Crippen LogP contribution is -2.56. The van der Waals surface area contributed by atoms with Crippen molar-refractivity contribution in [3.63, 3.8) is 0 Å². The van der Waals surface area contributed by atoms with Gasteiger partial charge < -0.3 is 26.0 Å². The highest BCUT2D eigenvalue weighted by Crippen LogP contribution is 2.41. The molecule has 0 aliphatic carbocycles. The second-order valence-corrected chi connectivity index (χ2v) is 10.1. The average Bonchev–Trinajstić information content (AvgIpc) is 2.95. The molecule has 3 aromatic carbocycles. The number of ether oxygens (including phenoxy) is 1. The van der Waals surface area contributed by atoms with Crippen molar-refractivity contribution in [2.75, 3.05) is 24.2 Å². The van der Waals surface area contributed by atoms with Gasteiger partial charge in [-0.05, 0) is 49.7 Å². The second-order valence-electron chi connectivity index (χ2n) is 9.24. The van der Waals surface area contributed by atoms with Gasteiger partial charge in [0, 0.05) is 45.2 Å². The number of ketones is 2. The third-order valence-electron chi connectivity index (χ3n) is 6.79. The number of fused-ring (bicyclic) bond motifs is 1. The van der Waals surface area contributed by atoms with Crippen LogP contribution in [0.2, 0.25) is 10.0 Å². The number of rotatable bonds is 10. The lowest BCUT2D eigenvalue weighted by molar-refractivity contribution is -0.121. The van der Waals surface area contributed by atoms with Crippen molar-refractivity contribution in [2.45, 2.75) is 32.4 Å². The molecule has 216 valence electrons. The number of benzene rings is 3. The molecule has 0 saturated heterocycles. The fraction of sp³-hybridized carbons (Fsp3) is 0.233. The van der Waals surface area contributed by atoms with Crippen molar-refractivity contribution < 1.29 is 19.1 Å². The maximum atomic E-state index is 13.8. The van der Waals surface area contributed by atoms with Gasteiger partial charge in [-0.25, -0.2) is 4.79 Å². The Kier molecular flexibility index (Phi) is 10.7. The molecule has 11 heteroatoms. The van der Waals surface area contributed by atoms with Gasteiger partial charge in [-0.15, -0.1) is 12.4 Å². The van der Waals surface area contributed by atoms with Crippen molar-refractivity contribution >= 4 is 70.3 Å². The highest BCUT2D eigenvalue weighted by atomic mass is 35.5. The van der Waals surface area contributed by atoms with Crippen LogP contribution in [0.1, 0.15) is 41.8 Å². The molecule has 0 radical (unpaired) electrons. The summed E-state index contributed by atoms with van der Waals surface area (Å²) in [6.45, 7) is 3.15. The summed E-state index contributed by atoms with van der Waals surface area (Å²) in [6.07, 6.45) is 0.361. The molecule has 1 unspecified atom stereocenters. The number of Topliss-reactive ketones (excluding diaryl/α,β-unsaturated/α-hetero) is 2. The Morgan fingerprint density at radius 1 is 0.976 bits per heavy atom. The van der Waals surface area contributed by atoms with Crippen molar-refractivity contribution in [1.29, 1.82) is 0 Å². The number of carbonyl (C=O) groups is 3. The Hall–Kier alpha value is -3.72. The summed E-state index contributed by atoms with van der Waals surface area (Å²) < 4.78 is 6.33. The summed E-state index contributed by atoms with van der Waals surface area (Å²) in [4.78, 5) is 38.2. The molecular weight excluding hydrogens is 587 g/mol. The van der Waals surface area contributed by atoms with Crippen LogP contribution in [0.15, 0.2) is 72.4 Å². The molecule has 3 aromatic rings. The third-order valence-corrected chi connectivity index (χ3v) is 7.50. The number of nitrogens with one attached hydrogen (secondary N) is 4. The van der Waals surface area contributed by atoms with E-state index >= 15 is 0 Å². The van der Waals surface area contributed by atoms with Gasteiger partial charge in [-0.2, -0.15) is 0 Å². The van der Waals surface area contributed by atoms with Crippen LogP contribution in [0.4, 0.5) is 16.2 Å². The molecule has 0 bridgehead atoms. The number of hydrogen-bond acceptors (Lipinski definition) is 6. The van der Waals surface area contributed by atoms with E-state index in [1.807, 2.05) is 31.2 Å². The zero-order valence-electron chi connectivity index (χ0n) is 22.8. The molecule has 4 rings (SSSR count). The van der Waals surface area contributed by atoms with Crippen LogP contribution >= 0.6 is 35.6 Å². The normalized spacial score (nSPS) is 15.5. The lowest BCUT2D eigenvalue weighted by Gasteiger charge is -2.41. The number of anilines is 2. The van der Waals surface area contributed by atoms with Crippen LogP contribution in [0, 0.1) is 0 Å². The van der Waals surface area contributed by atoms with Crippen molar-refractivity contribution in [3.05, 3.63) is 99.2 Å². The van der Waals surface area contributed by atoms with Crippen LogP contribution in [0.3, 0.4) is 0 Å². The first-order valence-corrected chi connectivity index (χ1v) is 13.5. The Labute approximate surface area is 255 Å². The van der Waals surface area contributed by atoms with Gasteiger partial charge >= 0.3 is 6.03 Å². The third kappa shape index (κ3) is 6.78. The summed E-state index contributed by atoms with van der Waals surface area (Å²) >= 11 is 12.8. The SMILES string of the molecule is CCC1(C(=O)CNC(=O)Nc2cccc(C(C)=O)c2)Nc2ccccc2C(OCc2c(Cl)cccc2Cl)=C1NC.Cl. The molecule has 8 nitrogen and oxygen atoms in total. The quantitative estimate of drug-likeness (QED) is 0.189. The molecule has 1 atom stereocenters. The van der Waals surface area contributed by atoms with Gasteiger partial charge in [0.1, 0.15) is 12.1 Å². The molecule has 0 fully saturated rings. The van der Waals surface area contributed by atoms with Gasteiger partial charge in [-0.1, -0.05) is 60.5 Å². The number of urea groups is 1. The zero-order chi connectivity index (χ0) is 28.9. The van der Waals surface area contributed by atoms with E-state index < -0.39 is 11.6 Å². The zero-order valence-corrected chi connectivity index (χ0v) is 25.1. The number of amides is 2. The monoisotopic (exact) mass is 616 g/mol. The van der Waals surface area contributed by atoms with Crippen LogP contribution < -0.4 is 21.3 Å². The molecule has 0 saturated carbocycles. The summed E-state index contributed by atoms with van der Waals surface area (Å²) in [6, 6.07) is 18.8. The molecule has 1 aliphatic rings. The topological polar surface area (TPSA) is 109 Å². The molecular formula is C30H31Cl3N4O4. The number of carbonyl (C=O) groups excluding carboxylic acids is 3. The minimum Gasteiger partial charge on any atom is -0.486 e. The highest BCUT2D eigenvalue weighted by molar-refractivity contribution is 6.36. The fourth-order valence-corrected chi connectivity index (χ4v) is 5.18. The Morgan fingerprint density at radius 3 is 2.32 bits per heavy atom. The first kappa shape index (κ1) is 31.8.